The summed E-state index contributed by atoms with van der Waals surface area (Å²) in [5.74, 6) is 0.332. The van der Waals surface area contributed by atoms with Gasteiger partial charge in [0.1, 0.15) is 5.75 Å². The van der Waals surface area contributed by atoms with Crippen LogP contribution in [0.15, 0.2) is 42.5 Å². The maximum absolute atomic E-state index is 12.3. The second kappa shape index (κ2) is 5.00. The fourth-order valence-electron chi connectivity index (χ4n) is 2.63. The lowest BCUT2D eigenvalue weighted by Crippen LogP contribution is -2.29. The molecule has 1 N–H and O–H groups in total. The number of aromatic hydroxyl groups is 1. The maximum atomic E-state index is 12.3. The third-order valence-corrected chi connectivity index (χ3v) is 3.77. The molecule has 3 heteroatoms. The van der Waals surface area contributed by atoms with Crippen molar-refractivity contribution in [1.82, 2.24) is 0 Å². The number of benzene rings is 2. The number of carbonyl (C=O) groups excluding carboxylic acids is 1. The molecule has 1 heterocycles. The SMILES string of the molecule is Cc1ccc(N2CCc3cc(O)ccc3C(=O)C2)cc1. The molecule has 3 nitrogen and oxygen atoms in total. The third-order valence-electron chi connectivity index (χ3n) is 3.77. The molecule has 20 heavy (non-hydrogen) atoms. The largest absolute Gasteiger partial charge is 0.508 e. The first-order valence-corrected chi connectivity index (χ1v) is 6.80. The van der Waals surface area contributed by atoms with E-state index in [1.165, 1.54) is 5.56 Å². The highest BCUT2D eigenvalue weighted by molar-refractivity contribution is 6.01. The van der Waals surface area contributed by atoms with Crippen LogP contribution in [0.25, 0.3) is 0 Å². The van der Waals surface area contributed by atoms with Crippen LogP contribution in [-0.2, 0) is 6.42 Å². The minimum atomic E-state index is 0.109. The molecule has 0 bridgehead atoms. The van der Waals surface area contributed by atoms with Crippen LogP contribution in [0.1, 0.15) is 21.5 Å². The fraction of sp³-hybridized carbons (Fsp3) is 0.235. The first-order valence-electron chi connectivity index (χ1n) is 6.80. The number of phenols is 1. The van der Waals surface area contributed by atoms with Crippen LogP contribution in [0.5, 0.6) is 5.75 Å². The van der Waals surface area contributed by atoms with E-state index in [0.29, 0.717) is 6.54 Å². The average molecular weight is 267 g/mol. The molecule has 0 fully saturated rings. The number of carbonyl (C=O) groups is 1. The Morgan fingerprint density at radius 2 is 1.85 bits per heavy atom. The summed E-state index contributed by atoms with van der Waals surface area (Å²) in [5.41, 5.74) is 3.95. The Morgan fingerprint density at radius 1 is 1.10 bits per heavy atom. The van der Waals surface area contributed by atoms with Gasteiger partial charge in [-0.05, 0) is 49.2 Å². The van der Waals surface area contributed by atoms with E-state index in [1.54, 1.807) is 18.2 Å². The van der Waals surface area contributed by atoms with Gasteiger partial charge in [-0.15, -0.1) is 0 Å². The molecule has 2 aromatic carbocycles. The lowest BCUT2D eigenvalue weighted by atomic mass is 10.0. The van der Waals surface area contributed by atoms with Crippen LogP contribution < -0.4 is 4.90 Å². The van der Waals surface area contributed by atoms with E-state index in [0.717, 1.165) is 29.8 Å². The number of Topliss-reactive ketones (excluding diaryl/α,β-unsaturated/α-hetero) is 1. The van der Waals surface area contributed by atoms with Crippen molar-refractivity contribution < 1.29 is 9.90 Å². The molecular weight excluding hydrogens is 250 g/mol. The number of anilines is 1. The van der Waals surface area contributed by atoms with Gasteiger partial charge in [-0.2, -0.15) is 0 Å². The van der Waals surface area contributed by atoms with Gasteiger partial charge in [0.05, 0.1) is 6.54 Å². The van der Waals surface area contributed by atoms with Crippen LogP contribution in [0.2, 0.25) is 0 Å². The second-order valence-corrected chi connectivity index (χ2v) is 5.27. The van der Waals surface area contributed by atoms with E-state index in [4.69, 9.17) is 0 Å². The lowest BCUT2D eigenvalue weighted by molar-refractivity contribution is 0.100. The molecule has 0 atom stereocenters. The Balaban J connectivity index is 1.90. The summed E-state index contributed by atoms with van der Waals surface area (Å²) in [6.07, 6.45) is 0.767. The van der Waals surface area contributed by atoms with Gasteiger partial charge < -0.3 is 10.0 Å². The molecule has 102 valence electrons. The van der Waals surface area contributed by atoms with Gasteiger partial charge in [-0.3, -0.25) is 4.79 Å². The summed E-state index contributed by atoms with van der Waals surface area (Å²) in [7, 11) is 0. The van der Waals surface area contributed by atoms with Crippen molar-refractivity contribution >= 4 is 11.5 Å². The number of rotatable bonds is 1. The van der Waals surface area contributed by atoms with Gasteiger partial charge in [0.25, 0.3) is 0 Å². The molecule has 1 aliphatic rings. The molecule has 0 aliphatic carbocycles. The Hall–Kier alpha value is -2.29. The molecule has 0 spiro atoms. The molecular formula is C17H17NO2. The Labute approximate surface area is 118 Å². The van der Waals surface area contributed by atoms with E-state index in [2.05, 4.69) is 36.1 Å². The summed E-state index contributed by atoms with van der Waals surface area (Å²) in [6, 6.07) is 13.2. The molecule has 0 saturated heterocycles. The summed E-state index contributed by atoms with van der Waals surface area (Å²) in [6.45, 7) is 3.22. The smallest absolute Gasteiger partial charge is 0.182 e. The fourth-order valence-corrected chi connectivity index (χ4v) is 2.63. The molecule has 2 aromatic rings. The normalized spacial score (nSPS) is 14.8. The first-order chi connectivity index (χ1) is 9.63. The zero-order chi connectivity index (χ0) is 14.1. The van der Waals surface area contributed by atoms with Gasteiger partial charge in [-0.1, -0.05) is 17.7 Å². The van der Waals surface area contributed by atoms with Gasteiger partial charge in [0.2, 0.25) is 0 Å². The first kappa shape index (κ1) is 12.7. The quantitative estimate of drug-likeness (QED) is 0.863. The van der Waals surface area contributed by atoms with Gasteiger partial charge in [0, 0.05) is 17.8 Å². The molecule has 0 amide bonds. The van der Waals surface area contributed by atoms with E-state index < -0.39 is 0 Å². The lowest BCUT2D eigenvalue weighted by Gasteiger charge is -2.21. The number of ketones is 1. The van der Waals surface area contributed by atoms with Crippen molar-refractivity contribution in [1.29, 1.82) is 0 Å². The molecule has 0 aromatic heterocycles. The number of hydrogen-bond donors (Lipinski definition) is 1. The Kier molecular flexibility index (Phi) is 3.18. The van der Waals surface area contributed by atoms with Crippen LogP contribution in [0, 0.1) is 6.92 Å². The zero-order valence-electron chi connectivity index (χ0n) is 11.5. The zero-order valence-corrected chi connectivity index (χ0v) is 11.5. The van der Waals surface area contributed by atoms with Gasteiger partial charge in [0.15, 0.2) is 5.78 Å². The Bertz CT molecular complexity index is 647. The summed E-state index contributed by atoms with van der Waals surface area (Å²) >= 11 is 0. The number of phenolic OH excluding ortho intramolecular Hbond substituents is 1. The van der Waals surface area contributed by atoms with Crippen molar-refractivity contribution in [2.45, 2.75) is 13.3 Å². The Morgan fingerprint density at radius 3 is 2.60 bits per heavy atom. The standard InChI is InChI=1S/C17H17NO2/c1-12-2-4-14(5-3-12)18-9-8-13-10-15(19)6-7-16(13)17(20)11-18/h2-7,10,19H,8-9,11H2,1H3. The minimum absolute atomic E-state index is 0.109. The number of hydrogen-bond acceptors (Lipinski definition) is 3. The number of aryl methyl sites for hydroxylation is 1. The highest BCUT2D eigenvalue weighted by Crippen LogP contribution is 2.24. The van der Waals surface area contributed by atoms with Crippen LogP contribution in [-0.4, -0.2) is 24.0 Å². The van der Waals surface area contributed by atoms with Crippen LogP contribution in [0.4, 0.5) is 5.69 Å². The van der Waals surface area contributed by atoms with Crippen LogP contribution in [0.3, 0.4) is 0 Å². The molecule has 0 saturated carbocycles. The van der Waals surface area contributed by atoms with Crippen molar-refractivity contribution in [2.75, 3.05) is 18.0 Å². The highest BCUT2D eigenvalue weighted by atomic mass is 16.3. The van der Waals surface area contributed by atoms with Crippen molar-refractivity contribution in [2.24, 2.45) is 0 Å². The van der Waals surface area contributed by atoms with Gasteiger partial charge in [-0.25, -0.2) is 0 Å². The molecule has 1 aliphatic heterocycles. The molecule has 0 unspecified atom stereocenters. The van der Waals surface area contributed by atoms with E-state index in [-0.39, 0.29) is 11.5 Å². The summed E-state index contributed by atoms with van der Waals surface area (Å²) in [5, 5.41) is 9.55. The summed E-state index contributed by atoms with van der Waals surface area (Å²) < 4.78 is 0. The monoisotopic (exact) mass is 267 g/mol. The third kappa shape index (κ3) is 2.39. The van der Waals surface area contributed by atoms with Crippen molar-refractivity contribution in [3.05, 3.63) is 59.2 Å². The second-order valence-electron chi connectivity index (χ2n) is 5.27. The summed E-state index contributed by atoms with van der Waals surface area (Å²) in [4.78, 5) is 14.4. The predicted octanol–water partition coefficient (Wildman–Crippen LogP) is 2.95. The van der Waals surface area contributed by atoms with Crippen molar-refractivity contribution in [3.63, 3.8) is 0 Å². The van der Waals surface area contributed by atoms with E-state index in [9.17, 15) is 9.90 Å². The van der Waals surface area contributed by atoms with E-state index in [1.807, 2.05) is 0 Å². The number of fused-ring (bicyclic) bond motifs is 1. The van der Waals surface area contributed by atoms with Gasteiger partial charge >= 0.3 is 0 Å². The van der Waals surface area contributed by atoms with Crippen molar-refractivity contribution in [3.8, 4) is 5.75 Å². The minimum Gasteiger partial charge on any atom is -0.508 e. The number of nitrogens with zero attached hydrogens (tertiary/aromatic N) is 1. The molecule has 3 rings (SSSR count). The van der Waals surface area contributed by atoms with E-state index >= 15 is 0 Å². The molecule has 0 radical (unpaired) electrons. The average Bonchev–Trinajstić information content (AvgIpc) is 2.59. The maximum Gasteiger partial charge on any atom is 0.182 e. The topological polar surface area (TPSA) is 40.5 Å². The predicted molar refractivity (Wildman–Crippen MR) is 79.5 cm³/mol. The highest BCUT2D eigenvalue weighted by Gasteiger charge is 2.21. The van der Waals surface area contributed by atoms with Crippen LogP contribution >= 0.6 is 0 Å².